The molecule has 0 saturated heterocycles. The Morgan fingerprint density at radius 3 is 2.45 bits per heavy atom. The lowest BCUT2D eigenvalue weighted by atomic mass is 9.93. The van der Waals surface area contributed by atoms with Crippen LogP contribution in [0.1, 0.15) is 22.0 Å². The van der Waals surface area contributed by atoms with Crippen LogP contribution in [0.2, 0.25) is 0 Å². The summed E-state index contributed by atoms with van der Waals surface area (Å²) in [4.78, 5) is 13.8. The summed E-state index contributed by atoms with van der Waals surface area (Å²) < 4.78 is 0. The third kappa shape index (κ3) is 2.31. The number of anilines is 1. The standard InChI is InChI=1S/C17H13BrN2O2/c18-15-14(10-19)20(17(22)11-6-2-1-3-7-11)13-9-5-4-8-12(13)16(15)21/h1-9,14-16,21H/t14-,15+,16-/m1/s1. The summed E-state index contributed by atoms with van der Waals surface area (Å²) in [6.07, 6.45) is -0.833. The van der Waals surface area contributed by atoms with Crippen molar-refractivity contribution in [2.75, 3.05) is 4.90 Å². The fourth-order valence-corrected chi connectivity index (χ4v) is 3.32. The van der Waals surface area contributed by atoms with Crippen molar-refractivity contribution in [3.63, 3.8) is 0 Å². The molecule has 1 aliphatic heterocycles. The van der Waals surface area contributed by atoms with Crippen molar-refractivity contribution < 1.29 is 9.90 Å². The Bertz CT molecular complexity index is 742. The largest absolute Gasteiger partial charge is 0.387 e. The minimum absolute atomic E-state index is 0.254. The van der Waals surface area contributed by atoms with Gasteiger partial charge in [-0.3, -0.25) is 9.69 Å². The Balaban J connectivity index is 2.14. The van der Waals surface area contributed by atoms with Gasteiger partial charge in [0.2, 0.25) is 0 Å². The lowest BCUT2D eigenvalue weighted by Gasteiger charge is -2.39. The number of rotatable bonds is 1. The molecule has 2 aromatic carbocycles. The molecule has 0 saturated carbocycles. The van der Waals surface area contributed by atoms with E-state index in [2.05, 4.69) is 22.0 Å². The number of hydrogen-bond acceptors (Lipinski definition) is 3. The number of carbonyl (C=O) groups excluding carboxylic acids is 1. The van der Waals surface area contributed by atoms with E-state index in [1.54, 1.807) is 48.5 Å². The number of nitrogens with zero attached hydrogens (tertiary/aromatic N) is 2. The molecule has 0 spiro atoms. The van der Waals surface area contributed by atoms with Crippen LogP contribution in [0.3, 0.4) is 0 Å². The van der Waals surface area contributed by atoms with Crippen LogP contribution in [0, 0.1) is 11.3 Å². The van der Waals surface area contributed by atoms with Gasteiger partial charge >= 0.3 is 0 Å². The van der Waals surface area contributed by atoms with Crippen LogP contribution < -0.4 is 4.90 Å². The Hall–Kier alpha value is -2.16. The normalized spacial score (nSPS) is 23.5. The number of amides is 1. The van der Waals surface area contributed by atoms with Crippen molar-refractivity contribution in [2.24, 2.45) is 0 Å². The fourth-order valence-electron chi connectivity index (χ4n) is 2.68. The van der Waals surface area contributed by atoms with E-state index in [9.17, 15) is 15.2 Å². The molecule has 110 valence electrons. The number of alkyl halides is 1. The smallest absolute Gasteiger partial charge is 0.259 e. The molecule has 0 fully saturated rings. The quantitative estimate of drug-likeness (QED) is 0.798. The molecule has 0 aliphatic carbocycles. The van der Waals surface area contributed by atoms with Crippen molar-refractivity contribution in [2.45, 2.75) is 17.0 Å². The predicted molar refractivity (Wildman–Crippen MR) is 86.8 cm³/mol. The maximum Gasteiger partial charge on any atom is 0.259 e. The number of hydrogen-bond donors (Lipinski definition) is 1. The highest BCUT2D eigenvalue weighted by atomic mass is 79.9. The maximum absolute atomic E-state index is 12.9. The zero-order chi connectivity index (χ0) is 15.7. The van der Waals surface area contributed by atoms with Crippen molar-refractivity contribution in [3.8, 4) is 6.07 Å². The van der Waals surface area contributed by atoms with Gasteiger partial charge in [-0.1, -0.05) is 52.3 Å². The molecule has 0 aromatic heterocycles. The van der Waals surface area contributed by atoms with Gasteiger partial charge < -0.3 is 5.11 Å². The number of fused-ring (bicyclic) bond motifs is 1. The van der Waals surface area contributed by atoms with Crippen LogP contribution in [0.4, 0.5) is 5.69 Å². The average Bonchev–Trinajstić information content (AvgIpc) is 2.58. The Labute approximate surface area is 136 Å². The van der Waals surface area contributed by atoms with E-state index < -0.39 is 17.0 Å². The van der Waals surface area contributed by atoms with Crippen LogP contribution in [0.15, 0.2) is 54.6 Å². The van der Waals surface area contributed by atoms with Crippen LogP contribution in [0.5, 0.6) is 0 Å². The summed E-state index contributed by atoms with van der Waals surface area (Å²) in [5.41, 5.74) is 1.72. The zero-order valence-corrected chi connectivity index (χ0v) is 13.1. The lowest BCUT2D eigenvalue weighted by molar-refractivity contribution is 0.0962. The number of benzene rings is 2. The molecular formula is C17H13BrN2O2. The number of aliphatic hydroxyl groups excluding tert-OH is 1. The van der Waals surface area contributed by atoms with Crippen molar-refractivity contribution in [1.82, 2.24) is 0 Å². The van der Waals surface area contributed by atoms with Crippen molar-refractivity contribution >= 4 is 27.5 Å². The number of carbonyl (C=O) groups is 1. The zero-order valence-electron chi connectivity index (χ0n) is 11.6. The molecule has 2 aromatic rings. The molecule has 1 amide bonds. The van der Waals surface area contributed by atoms with Gasteiger partial charge in [0, 0.05) is 11.1 Å². The summed E-state index contributed by atoms with van der Waals surface area (Å²) in [5.74, 6) is -0.254. The Morgan fingerprint density at radius 2 is 1.77 bits per heavy atom. The summed E-state index contributed by atoms with van der Waals surface area (Å²) in [6, 6.07) is 17.3. The molecule has 1 heterocycles. The van der Waals surface area contributed by atoms with Crippen molar-refractivity contribution in [3.05, 3.63) is 65.7 Å². The highest BCUT2D eigenvalue weighted by molar-refractivity contribution is 9.09. The van der Waals surface area contributed by atoms with Crippen LogP contribution in [-0.2, 0) is 0 Å². The van der Waals surface area contributed by atoms with Gasteiger partial charge in [-0.05, 0) is 18.2 Å². The summed E-state index contributed by atoms with van der Waals surface area (Å²) in [7, 11) is 0. The third-order valence-corrected chi connectivity index (χ3v) is 4.77. The van der Waals surface area contributed by atoms with Crippen LogP contribution in [0.25, 0.3) is 0 Å². The minimum atomic E-state index is -0.833. The molecule has 0 bridgehead atoms. The lowest BCUT2D eigenvalue weighted by Crippen LogP contribution is -2.50. The molecule has 3 rings (SSSR count). The molecule has 4 nitrogen and oxygen atoms in total. The van der Waals surface area contributed by atoms with Crippen LogP contribution >= 0.6 is 15.9 Å². The molecule has 0 unspecified atom stereocenters. The Kier molecular flexibility index (Phi) is 3.97. The Morgan fingerprint density at radius 1 is 1.14 bits per heavy atom. The molecule has 1 aliphatic rings. The first-order valence-corrected chi connectivity index (χ1v) is 7.76. The molecule has 5 heteroatoms. The summed E-state index contributed by atoms with van der Waals surface area (Å²) in [5, 5.41) is 19.9. The molecule has 22 heavy (non-hydrogen) atoms. The van der Waals surface area contributed by atoms with Gasteiger partial charge in [0.1, 0.15) is 6.04 Å². The number of halogens is 1. The fraction of sp³-hybridized carbons (Fsp3) is 0.176. The summed E-state index contributed by atoms with van der Waals surface area (Å²) >= 11 is 3.37. The molecule has 3 atom stereocenters. The van der Waals surface area contributed by atoms with E-state index in [-0.39, 0.29) is 5.91 Å². The highest BCUT2D eigenvalue weighted by Crippen LogP contribution is 2.40. The van der Waals surface area contributed by atoms with E-state index in [0.717, 1.165) is 0 Å². The van der Waals surface area contributed by atoms with Crippen LogP contribution in [-0.4, -0.2) is 21.9 Å². The van der Waals surface area contributed by atoms with Gasteiger partial charge in [0.15, 0.2) is 0 Å². The van der Waals surface area contributed by atoms with Gasteiger partial charge in [-0.2, -0.15) is 5.26 Å². The topological polar surface area (TPSA) is 64.3 Å². The van der Waals surface area contributed by atoms with Gasteiger partial charge in [-0.25, -0.2) is 0 Å². The van der Waals surface area contributed by atoms with E-state index in [1.165, 1.54) is 4.90 Å². The maximum atomic E-state index is 12.9. The first-order valence-electron chi connectivity index (χ1n) is 6.84. The SMILES string of the molecule is N#C[C@@H]1[C@H](Br)[C@H](O)c2ccccc2N1C(=O)c1ccccc1. The molecule has 0 radical (unpaired) electrons. The third-order valence-electron chi connectivity index (χ3n) is 3.77. The molecule has 1 N–H and O–H groups in total. The van der Waals surface area contributed by atoms with E-state index in [4.69, 9.17) is 0 Å². The minimum Gasteiger partial charge on any atom is -0.387 e. The van der Waals surface area contributed by atoms with E-state index in [1.807, 2.05) is 6.07 Å². The second kappa shape index (κ2) is 5.91. The van der Waals surface area contributed by atoms with E-state index in [0.29, 0.717) is 16.8 Å². The second-order valence-electron chi connectivity index (χ2n) is 5.06. The van der Waals surface area contributed by atoms with E-state index >= 15 is 0 Å². The number of para-hydroxylation sites is 1. The number of nitriles is 1. The van der Waals surface area contributed by atoms with Gasteiger partial charge in [0.05, 0.1) is 22.7 Å². The van der Waals surface area contributed by atoms with Gasteiger partial charge in [0.25, 0.3) is 5.91 Å². The predicted octanol–water partition coefficient (Wildman–Crippen LogP) is 3.04. The first kappa shape index (κ1) is 14.8. The monoisotopic (exact) mass is 356 g/mol. The van der Waals surface area contributed by atoms with Gasteiger partial charge in [-0.15, -0.1) is 0 Å². The first-order chi connectivity index (χ1) is 10.6. The van der Waals surface area contributed by atoms with Crippen molar-refractivity contribution in [1.29, 1.82) is 5.26 Å². The molecular weight excluding hydrogens is 344 g/mol. The second-order valence-corrected chi connectivity index (χ2v) is 6.12. The summed E-state index contributed by atoms with van der Waals surface area (Å²) in [6.45, 7) is 0. The average molecular weight is 357 g/mol. The highest BCUT2D eigenvalue weighted by Gasteiger charge is 2.42. The number of aliphatic hydroxyl groups is 1.